The van der Waals surface area contributed by atoms with Gasteiger partial charge in [0.2, 0.25) is 0 Å². The van der Waals surface area contributed by atoms with Crippen LogP contribution in [0.1, 0.15) is 20.7 Å². The molecular formula is C14H16N4O4. The fraction of sp³-hybridized carbons (Fsp3) is 0.429. The van der Waals surface area contributed by atoms with Crippen molar-refractivity contribution in [2.24, 2.45) is 5.11 Å². The molecule has 8 heteroatoms. The van der Waals surface area contributed by atoms with Crippen molar-refractivity contribution in [2.45, 2.75) is 0 Å². The lowest BCUT2D eigenvalue weighted by molar-refractivity contribution is 0.0372. The zero-order chi connectivity index (χ0) is 15.8. The highest BCUT2D eigenvalue weighted by molar-refractivity contribution is 6.21. The van der Waals surface area contributed by atoms with Gasteiger partial charge in [-0.15, -0.1) is 0 Å². The second-order valence-corrected chi connectivity index (χ2v) is 4.49. The van der Waals surface area contributed by atoms with Crippen LogP contribution in [-0.4, -0.2) is 56.2 Å². The molecule has 8 nitrogen and oxygen atoms in total. The number of hydrogen-bond donors (Lipinski definition) is 0. The molecule has 1 aromatic rings. The van der Waals surface area contributed by atoms with E-state index in [1.54, 1.807) is 24.3 Å². The Labute approximate surface area is 127 Å². The van der Waals surface area contributed by atoms with Crippen LogP contribution < -0.4 is 0 Å². The van der Waals surface area contributed by atoms with E-state index in [0.29, 0.717) is 30.9 Å². The Hall–Kier alpha value is -2.41. The van der Waals surface area contributed by atoms with Crippen LogP contribution in [-0.2, 0) is 9.47 Å². The molecule has 2 amide bonds. The maximum absolute atomic E-state index is 12.1. The number of rotatable bonds is 9. The SMILES string of the molecule is [N-]=[N+]=NCCOCCOCCN1C(=O)c2ccccc2C1=O. The lowest BCUT2D eigenvalue weighted by Gasteiger charge is -2.13. The zero-order valence-electron chi connectivity index (χ0n) is 12.0. The van der Waals surface area contributed by atoms with Crippen LogP contribution in [0.2, 0.25) is 0 Å². The Kier molecular flexibility index (Phi) is 5.91. The molecule has 0 aliphatic carbocycles. The molecule has 0 radical (unpaired) electrons. The standard InChI is InChI=1S/C14H16N4O4/c15-17-16-5-7-21-9-10-22-8-6-18-13(19)11-3-1-2-4-12(11)14(18)20/h1-4H,5-10H2. The number of benzene rings is 1. The highest BCUT2D eigenvalue weighted by atomic mass is 16.5. The smallest absolute Gasteiger partial charge is 0.261 e. The van der Waals surface area contributed by atoms with Gasteiger partial charge >= 0.3 is 0 Å². The van der Waals surface area contributed by atoms with Crippen LogP contribution >= 0.6 is 0 Å². The number of carbonyl (C=O) groups is 2. The van der Waals surface area contributed by atoms with Crippen molar-refractivity contribution in [3.8, 4) is 0 Å². The number of amides is 2. The molecule has 0 N–H and O–H groups in total. The largest absolute Gasteiger partial charge is 0.379 e. The Morgan fingerprint density at radius 3 is 2.18 bits per heavy atom. The Morgan fingerprint density at radius 2 is 1.59 bits per heavy atom. The number of nitrogens with zero attached hydrogens (tertiary/aromatic N) is 4. The van der Waals surface area contributed by atoms with E-state index in [1.807, 2.05) is 0 Å². The van der Waals surface area contributed by atoms with Gasteiger partial charge in [0, 0.05) is 11.5 Å². The third-order valence-corrected chi connectivity index (χ3v) is 3.11. The molecule has 0 atom stereocenters. The number of azide groups is 1. The van der Waals surface area contributed by atoms with Gasteiger partial charge in [-0.1, -0.05) is 17.2 Å². The van der Waals surface area contributed by atoms with Crippen LogP contribution in [0, 0.1) is 0 Å². The first-order valence-corrected chi connectivity index (χ1v) is 6.87. The fourth-order valence-corrected chi connectivity index (χ4v) is 2.07. The molecule has 116 valence electrons. The average molecular weight is 304 g/mol. The lowest BCUT2D eigenvalue weighted by atomic mass is 10.1. The van der Waals surface area contributed by atoms with Crippen LogP contribution in [0.15, 0.2) is 29.4 Å². The van der Waals surface area contributed by atoms with Crippen LogP contribution in [0.5, 0.6) is 0 Å². The normalized spacial score (nSPS) is 13.2. The molecule has 2 rings (SSSR count). The molecule has 0 fully saturated rings. The number of imide groups is 1. The molecule has 1 aliphatic rings. The Bertz CT molecular complexity index is 563. The van der Waals surface area contributed by atoms with E-state index in [0.717, 1.165) is 0 Å². The van der Waals surface area contributed by atoms with Crippen molar-refractivity contribution < 1.29 is 19.1 Å². The minimum absolute atomic E-state index is 0.213. The molecule has 1 aromatic carbocycles. The molecule has 0 aromatic heterocycles. The summed E-state index contributed by atoms with van der Waals surface area (Å²) in [7, 11) is 0. The topological polar surface area (TPSA) is 105 Å². The van der Waals surface area contributed by atoms with E-state index in [2.05, 4.69) is 10.0 Å². The van der Waals surface area contributed by atoms with Gasteiger partial charge in [0.1, 0.15) is 0 Å². The van der Waals surface area contributed by atoms with Crippen LogP contribution in [0.3, 0.4) is 0 Å². The van der Waals surface area contributed by atoms with Gasteiger partial charge in [0.15, 0.2) is 0 Å². The summed E-state index contributed by atoms with van der Waals surface area (Å²) in [5.74, 6) is -0.565. The van der Waals surface area contributed by atoms with Crippen molar-refractivity contribution in [3.05, 3.63) is 45.8 Å². The van der Waals surface area contributed by atoms with Crippen molar-refractivity contribution >= 4 is 11.8 Å². The molecule has 0 saturated heterocycles. The van der Waals surface area contributed by atoms with Crippen LogP contribution in [0.25, 0.3) is 10.4 Å². The minimum atomic E-state index is -0.283. The minimum Gasteiger partial charge on any atom is -0.379 e. The van der Waals surface area contributed by atoms with E-state index in [9.17, 15) is 9.59 Å². The average Bonchev–Trinajstić information content (AvgIpc) is 2.78. The zero-order valence-corrected chi connectivity index (χ0v) is 12.0. The molecular weight excluding hydrogens is 288 g/mol. The van der Waals surface area contributed by atoms with Gasteiger partial charge < -0.3 is 9.47 Å². The third kappa shape index (κ3) is 3.82. The summed E-state index contributed by atoms with van der Waals surface area (Å²) >= 11 is 0. The summed E-state index contributed by atoms with van der Waals surface area (Å²) in [6.45, 7) is 1.80. The Morgan fingerprint density at radius 1 is 1.00 bits per heavy atom. The first-order chi connectivity index (χ1) is 10.8. The summed E-state index contributed by atoms with van der Waals surface area (Å²) in [4.78, 5) is 27.9. The van der Waals surface area contributed by atoms with Gasteiger partial charge in [-0.25, -0.2) is 0 Å². The second-order valence-electron chi connectivity index (χ2n) is 4.49. The van der Waals surface area contributed by atoms with Crippen molar-refractivity contribution in [1.82, 2.24) is 4.90 Å². The number of ether oxygens (including phenoxy) is 2. The lowest BCUT2D eigenvalue weighted by Crippen LogP contribution is -2.33. The molecule has 1 aliphatic heterocycles. The predicted molar refractivity (Wildman–Crippen MR) is 77.5 cm³/mol. The maximum atomic E-state index is 12.1. The van der Waals surface area contributed by atoms with Gasteiger partial charge in [-0.2, -0.15) is 0 Å². The number of carbonyl (C=O) groups excluding carboxylic acids is 2. The summed E-state index contributed by atoms with van der Waals surface area (Å²) in [6, 6.07) is 6.76. The molecule has 1 heterocycles. The number of fused-ring (bicyclic) bond motifs is 1. The fourth-order valence-electron chi connectivity index (χ4n) is 2.07. The van der Waals surface area contributed by atoms with Gasteiger partial charge in [-0.3, -0.25) is 14.5 Å². The van der Waals surface area contributed by atoms with Crippen molar-refractivity contribution in [2.75, 3.05) is 39.5 Å². The van der Waals surface area contributed by atoms with E-state index in [1.165, 1.54) is 4.90 Å². The summed E-state index contributed by atoms with van der Waals surface area (Å²) < 4.78 is 10.5. The van der Waals surface area contributed by atoms with E-state index in [-0.39, 0.29) is 31.5 Å². The highest BCUT2D eigenvalue weighted by Crippen LogP contribution is 2.21. The van der Waals surface area contributed by atoms with Crippen molar-refractivity contribution in [1.29, 1.82) is 0 Å². The van der Waals surface area contributed by atoms with Gasteiger partial charge in [0.05, 0.1) is 44.1 Å². The molecule has 0 spiro atoms. The first-order valence-electron chi connectivity index (χ1n) is 6.87. The first kappa shape index (κ1) is 16.0. The molecule has 22 heavy (non-hydrogen) atoms. The monoisotopic (exact) mass is 304 g/mol. The van der Waals surface area contributed by atoms with E-state index >= 15 is 0 Å². The summed E-state index contributed by atoms with van der Waals surface area (Å²) in [6.07, 6.45) is 0. The second kappa shape index (κ2) is 8.14. The summed E-state index contributed by atoms with van der Waals surface area (Å²) in [5.41, 5.74) is 8.95. The quantitative estimate of drug-likeness (QED) is 0.227. The Balaban J connectivity index is 1.65. The molecule has 0 unspecified atom stereocenters. The van der Waals surface area contributed by atoms with E-state index < -0.39 is 0 Å². The number of hydrogen-bond acceptors (Lipinski definition) is 5. The third-order valence-electron chi connectivity index (χ3n) is 3.11. The molecule has 0 saturated carbocycles. The highest BCUT2D eigenvalue weighted by Gasteiger charge is 2.34. The van der Waals surface area contributed by atoms with E-state index in [4.69, 9.17) is 15.0 Å². The molecule has 0 bridgehead atoms. The maximum Gasteiger partial charge on any atom is 0.261 e. The van der Waals surface area contributed by atoms with Gasteiger partial charge in [-0.05, 0) is 17.7 Å². The summed E-state index contributed by atoms with van der Waals surface area (Å²) in [5, 5.41) is 3.33. The van der Waals surface area contributed by atoms with Gasteiger partial charge in [0.25, 0.3) is 11.8 Å². The van der Waals surface area contributed by atoms with Crippen LogP contribution in [0.4, 0.5) is 0 Å². The predicted octanol–water partition coefficient (Wildman–Crippen LogP) is 1.63. The van der Waals surface area contributed by atoms with Crippen molar-refractivity contribution in [3.63, 3.8) is 0 Å².